The zero-order valence-corrected chi connectivity index (χ0v) is 20.2. The molecule has 0 bridgehead atoms. The number of nitrogens with zero attached hydrogens (tertiary/aromatic N) is 4. The lowest BCUT2D eigenvalue weighted by Crippen LogP contribution is -2.48. The Morgan fingerprint density at radius 3 is 2.46 bits per heavy atom. The van der Waals surface area contributed by atoms with Gasteiger partial charge in [-0.2, -0.15) is 8.78 Å². The molecule has 0 atom stereocenters. The van der Waals surface area contributed by atoms with Crippen LogP contribution in [0.15, 0.2) is 36.5 Å². The number of aromatic nitrogens is 2. The van der Waals surface area contributed by atoms with Gasteiger partial charge in [0.15, 0.2) is 17.4 Å². The molecule has 2 N–H and O–H groups in total. The Balaban J connectivity index is 1.45. The van der Waals surface area contributed by atoms with E-state index in [9.17, 15) is 22.0 Å². The molecule has 12 heteroatoms. The summed E-state index contributed by atoms with van der Waals surface area (Å²) in [5.74, 6) is -3.01. The minimum atomic E-state index is -3.58. The summed E-state index contributed by atoms with van der Waals surface area (Å²) in [4.78, 5) is 11.3. The first kappa shape index (κ1) is 25.0. The molecule has 0 radical (unpaired) electrons. The maximum Gasteiger partial charge on any atom is 0.416 e. The fourth-order valence-corrected chi connectivity index (χ4v) is 4.46. The lowest BCUT2D eigenvalue weighted by Gasteiger charge is -2.38. The molecule has 0 amide bonds. The summed E-state index contributed by atoms with van der Waals surface area (Å²) in [6, 6.07) is 6.42. The molecule has 37 heavy (non-hydrogen) atoms. The first-order valence-electron chi connectivity index (χ1n) is 11.8. The second kappa shape index (κ2) is 9.66. The summed E-state index contributed by atoms with van der Waals surface area (Å²) < 4.78 is 77.1. The molecule has 3 aromatic rings. The normalized spacial score (nSPS) is 17.0. The quantitative estimate of drug-likeness (QED) is 0.464. The number of hydrogen-bond donors (Lipinski definition) is 2. The van der Waals surface area contributed by atoms with Gasteiger partial charge >= 0.3 is 6.11 Å². The van der Waals surface area contributed by atoms with Crippen molar-refractivity contribution >= 4 is 23.0 Å². The number of benzene rings is 2. The average Bonchev–Trinajstić information content (AvgIpc) is 2.85. The van der Waals surface area contributed by atoms with Gasteiger partial charge in [0.2, 0.25) is 5.95 Å². The first-order valence-corrected chi connectivity index (χ1v) is 11.8. The Morgan fingerprint density at radius 1 is 1.00 bits per heavy atom. The number of anilines is 4. The fourth-order valence-electron chi connectivity index (χ4n) is 4.46. The molecule has 0 saturated carbocycles. The van der Waals surface area contributed by atoms with Crippen molar-refractivity contribution in [2.24, 2.45) is 0 Å². The number of rotatable bonds is 5. The molecule has 0 spiro atoms. The fraction of sp³-hybridized carbons (Fsp3) is 0.360. The van der Waals surface area contributed by atoms with Crippen LogP contribution in [0, 0.1) is 17.5 Å². The second-order valence-electron chi connectivity index (χ2n) is 9.19. The molecule has 1 fully saturated rings. The number of nitrogens with one attached hydrogen (secondary N) is 2. The number of piperazine rings is 1. The molecule has 2 aliphatic heterocycles. The molecular weight excluding hydrogens is 495 g/mol. The highest BCUT2D eigenvalue weighted by molar-refractivity contribution is 5.73. The minimum Gasteiger partial charge on any atom is -0.426 e. The van der Waals surface area contributed by atoms with Crippen LogP contribution in [0.25, 0.3) is 11.3 Å². The predicted octanol–water partition coefficient (Wildman–Crippen LogP) is 4.91. The van der Waals surface area contributed by atoms with Gasteiger partial charge in [-0.1, -0.05) is 0 Å². The van der Waals surface area contributed by atoms with Gasteiger partial charge in [0.05, 0.1) is 17.6 Å². The van der Waals surface area contributed by atoms with Crippen molar-refractivity contribution in [3.63, 3.8) is 0 Å². The van der Waals surface area contributed by atoms with Gasteiger partial charge < -0.3 is 25.2 Å². The van der Waals surface area contributed by atoms with Gasteiger partial charge in [-0.3, -0.25) is 0 Å². The van der Waals surface area contributed by atoms with E-state index in [0.717, 1.165) is 25.4 Å². The molecule has 0 unspecified atom stereocenters. The van der Waals surface area contributed by atoms with Crippen molar-refractivity contribution in [1.82, 2.24) is 15.3 Å². The van der Waals surface area contributed by atoms with Gasteiger partial charge in [-0.05, 0) is 44.2 Å². The van der Waals surface area contributed by atoms with Crippen molar-refractivity contribution in [1.29, 1.82) is 0 Å². The second-order valence-corrected chi connectivity index (χ2v) is 9.19. The summed E-state index contributed by atoms with van der Waals surface area (Å²) in [6.07, 6.45) is -2.68. The van der Waals surface area contributed by atoms with Gasteiger partial charge in [0.25, 0.3) is 0 Å². The highest BCUT2D eigenvalue weighted by Crippen LogP contribution is 2.44. The summed E-state index contributed by atoms with van der Waals surface area (Å²) >= 11 is 0. The molecule has 1 aromatic heterocycles. The van der Waals surface area contributed by atoms with Gasteiger partial charge in [0, 0.05) is 43.5 Å². The Morgan fingerprint density at radius 2 is 1.76 bits per heavy atom. The zero-order chi connectivity index (χ0) is 26.3. The van der Waals surface area contributed by atoms with Crippen LogP contribution in [0.3, 0.4) is 0 Å². The van der Waals surface area contributed by atoms with Crippen LogP contribution in [-0.4, -0.2) is 54.8 Å². The molecular formula is C25H25F5N6O. The third kappa shape index (κ3) is 5.10. The van der Waals surface area contributed by atoms with E-state index >= 15 is 0 Å². The van der Waals surface area contributed by atoms with Crippen LogP contribution in [0.1, 0.15) is 13.8 Å². The van der Waals surface area contributed by atoms with Gasteiger partial charge in [-0.25, -0.2) is 23.1 Å². The van der Waals surface area contributed by atoms with Crippen LogP contribution < -0.4 is 25.2 Å². The molecule has 2 aliphatic rings. The SMILES string of the molecule is CC(C)N1CC(F)(F)Oc2c(F)cc(-c3nc(Nc4ccc(N5CCNCC5)c(F)c4)ncc3F)cc21. The van der Waals surface area contributed by atoms with E-state index in [1.807, 2.05) is 4.90 Å². The number of alkyl halides is 2. The number of ether oxygens (including phenoxy) is 1. The Labute approximate surface area is 210 Å². The topological polar surface area (TPSA) is 65.6 Å². The van der Waals surface area contributed by atoms with E-state index in [-0.39, 0.29) is 22.9 Å². The summed E-state index contributed by atoms with van der Waals surface area (Å²) in [5.41, 5.74) is 0.637. The average molecular weight is 521 g/mol. The molecule has 0 aliphatic carbocycles. The van der Waals surface area contributed by atoms with Crippen molar-refractivity contribution in [2.75, 3.05) is 47.8 Å². The first-order chi connectivity index (χ1) is 17.6. The largest absolute Gasteiger partial charge is 0.426 e. The maximum atomic E-state index is 14.9. The van der Waals surface area contributed by atoms with Crippen LogP contribution in [0.2, 0.25) is 0 Å². The molecule has 7 nitrogen and oxygen atoms in total. The highest BCUT2D eigenvalue weighted by Gasteiger charge is 2.43. The van der Waals surface area contributed by atoms with Crippen LogP contribution >= 0.6 is 0 Å². The molecule has 2 aromatic carbocycles. The van der Waals surface area contributed by atoms with E-state index < -0.39 is 41.9 Å². The van der Waals surface area contributed by atoms with Crippen LogP contribution in [-0.2, 0) is 0 Å². The minimum absolute atomic E-state index is 0.0129. The summed E-state index contributed by atoms with van der Waals surface area (Å²) in [7, 11) is 0. The van der Waals surface area contributed by atoms with Crippen molar-refractivity contribution < 1.29 is 26.7 Å². The molecule has 3 heterocycles. The predicted molar refractivity (Wildman–Crippen MR) is 130 cm³/mol. The zero-order valence-electron chi connectivity index (χ0n) is 20.2. The lowest BCUT2D eigenvalue weighted by atomic mass is 10.1. The lowest BCUT2D eigenvalue weighted by molar-refractivity contribution is -0.174. The van der Waals surface area contributed by atoms with Gasteiger partial charge in [0.1, 0.15) is 18.1 Å². The van der Waals surface area contributed by atoms with Crippen LogP contribution in [0.4, 0.5) is 45.0 Å². The Kier molecular flexibility index (Phi) is 6.52. The summed E-state index contributed by atoms with van der Waals surface area (Å²) in [5, 5.41) is 6.05. The number of fused-ring (bicyclic) bond motifs is 1. The Hall–Kier alpha value is -3.67. The Bertz CT molecular complexity index is 1310. The van der Waals surface area contributed by atoms with E-state index in [4.69, 9.17) is 0 Å². The molecule has 5 rings (SSSR count). The van der Waals surface area contributed by atoms with Crippen molar-refractivity contribution in [3.8, 4) is 17.0 Å². The van der Waals surface area contributed by atoms with E-state index in [0.29, 0.717) is 24.5 Å². The van der Waals surface area contributed by atoms with Crippen molar-refractivity contribution in [3.05, 3.63) is 54.0 Å². The smallest absolute Gasteiger partial charge is 0.416 e. The third-order valence-electron chi connectivity index (χ3n) is 6.24. The molecule has 196 valence electrons. The van der Waals surface area contributed by atoms with Crippen molar-refractivity contribution in [2.45, 2.75) is 26.0 Å². The van der Waals surface area contributed by atoms with Crippen LogP contribution in [0.5, 0.6) is 5.75 Å². The maximum absolute atomic E-state index is 14.9. The highest BCUT2D eigenvalue weighted by atomic mass is 19.3. The monoisotopic (exact) mass is 520 g/mol. The summed E-state index contributed by atoms with van der Waals surface area (Å²) in [6.45, 7) is 5.46. The molecule has 1 saturated heterocycles. The third-order valence-corrected chi connectivity index (χ3v) is 6.24. The number of halogens is 5. The van der Waals surface area contributed by atoms with Gasteiger partial charge in [-0.15, -0.1) is 0 Å². The number of hydrogen-bond acceptors (Lipinski definition) is 7. The van der Waals surface area contributed by atoms with E-state index in [2.05, 4.69) is 25.3 Å². The standard InChI is InChI=1S/C25H25F5N6O/c1-14(2)36-13-25(29,30)37-23-18(27)9-15(10-21(23)36)22-19(28)12-32-24(34-22)33-16-3-4-20(17(26)11-16)35-7-5-31-6-8-35/h3-4,9-12,14,31H,5-8,13H2,1-2H3,(H,32,33,34). The van der Waals surface area contributed by atoms with E-state index in [1.165, 1.54) is 17.0 Å². The van der Waals surface area contributed by atoms with E-state index in [1.54, 1.807) is 26.0 Å².